The molecule has 142 valence electrons. The molecule has 2 atom stereocenters. The van der Waals surface area contributed by atoms with Gasteiger partial charge in [-0.3, -0.25) is 9.59 Å². The maximum Gasteiger partial charge on any atom is 0.310 e. The average molecular weight is 358 g/mol. The summed E-state index contributed by atoms with van der Waals surface area (Å²) in [7, 11) is 0. The van der Waals surface area contributed by atoms with Gasteiger partial charge in [-0.15, -0.1) is 0 Å². The van der Waals surface area contributed by atoms with Crippen LogP contribution in [0.1, 0.15) is 51.0 Å². The fourth-order valence-electron chi connectivity index (χ4n) is 3.17. The van der Waals surface area contributed by atoms with Crippen molar-refractivity contribution in [1.82, 2.24) is 0 Å². The highest BCUT2D eigenvalue weighted by atomic mass is 16.5. The average Bonchev–Trinajstić information content (AvgIpc) is 2.68. The fraction of sp³-hybridized carbons (Fsp3) is 0.545. The van der Waals surface area contributed by atoms with Crippen LogP contribution in [0.2, 0.25) is 0 Å². The van der Waals surface area contributed by atoms with Gasteiger partial charge in [-0.05, 0) is 24.8 Å². The van der Waals surface area contributed by atoms with E-state index in [1.807, 2.05) is 42.5 Å². The van der Waals surface area contributed by atoms with Crippen LogP contribution in [0.3, 0.4) is 0 Å². The summed E-state index contributed by atoms with van der Waals surface area (Å²) in [5, 5.41) is 0. The van der Waals surface area contributed by atoms with Crippen molar-refractivity contribution in [1.29, 1.82) is 0 Å². The molecule has 0 spiro atoms. The highest BCUT2D eigenvalue weighted by Crippen LogP contribution is 2.28. The van der Waals surface area contributed by atoms with E-state index in [9.17, 15) is 9.59 Å². The second-order valence-corrected chi connectivity index (χ2v) is 6.79. The maximum atomic E-state index is 12.5. The first-order chi connectivity index (χ1) is 12.7. The van der Waals surface area contributed by atoms with Crippen LogP contribution in [0.4, 0.5) is 0 Å². The van der Waals surface area contributed by atoms with E-state index < -0.39 is 11.8 Å². The minimum absolute atomic E-state index is 0.268. The standard InChI is InChI=1S/C22H30O4/c1-2-3-4-10-16-25-21(23)19-13-8-9-14-20(19)22(24)26-17-15-18-11-6-5-7-12-18/h5-9,11-12,19-20H,2-4,10,13-17H2,1H3. The molecule has 0 bridgehead atoms. The number of hydrogen-bond donors (Lipinski definition) is 0. The van der Waals surface area contributed by atoms with Gasteiger partial charge in [0, 0.05) is 6.42 Å². The van der Waals surface area contributed by atoms with Gasteiger partial charge in [0.15, 0.2) is 0 Å². The SMILES string of the molecule is CCCCCCOC(=O)C1CC=CCC1C(=O)OCCc1ccccc1. The molecule has 1 aromatic rings. The highest BCUT2D eigenvalue weighted by molar-refractivity contribution is 5.82. The van der Waals surface area contributed by atoms with Crippen LogP contribution in [0, 0.1) is 11.8 Å². The van der Waals surface area contributed by atoms with E-state index in [2.05, 4.69) is 6.92 Å². The molecular formula is C22H30O4. The van der Waals surface area contributed by atoms with Crippen molar-refractivity contribution in [3.63, 3.8) is 0 Å². The molecule has 4 nitrogen and oxygen atoms in total. The molecule has 2 rings (SSSR count). The third-order valence-electron chi connectivity index (χ3n) is 4.76. The molecule has 4 heteroatoms. The van der Waals surface area contributed by atoms with Crippen LogP contribution in [-0.4, -0.2) is 25.2 Å². The molecule has 1 aromatic carbocycles. The predicted molar refractivity (Wildman–Crippen MR) is 102 cm³/mol. The molecule has 0 heterocycles. The molecule has 0 aromatic heterocycles. The minimum atomic E-state index is -0.432. The zero-order chi connectivity index (χ0) is 18.6. The lowest BCUT2D eigenvalue weighted by atomic mass is 9.83. The van der Waals surface area contributed by atoms with Crippen molar-refractivity contribution in [2.24, 2.45) is 11.8 Å². The van der Waals surface area contributed by atoms with E-state index in [-0.39, 0.29) is 11.9 Å². The summed E-state index contributed by atoms with van der Waals surface area (Å²) in [5.74, 6) is -1.41. The van der Waals surface area contributed by atoms with Crippen molar-refractivity contribution >= 4 is 11.9 Å². The molecule has 2 unspecified atom stereocenters. The lowest BCUT2D eigenvalue weighted by molar-refractivity contribution is -0.161. The normalized spacial score (nSPS) is 19.1. The van der Waals surface area contributed by atoms with Crippen LogP contribution < -0.4 is 0 Å². The summed E-state index contributed by atoms with van der Waals surface area (Å²) >= 11 is 0. The number of rotatable bonds is 10. The fourth-order valence-corrected chi connectivity index (χ4v) is 3.17. The Morgan fingerprint density at radius 2 is 1.50 bits per heavy atom. The molecule has 0 saturated heterocycles. The number of benzene rings is 1. The van der Waals surface area contributed by atoms with E-state index >= 15 is 0 Å². The molecule has 0 fully saturated rings. The third-order valence-corrected chi connectivity index (χ3v) is 4.76. The van der Waals surface area contributed by atoms with Gasteiger partial charge in [0.1, 0.15) is 0 Å². The first-order valence-electron chi connectivity index (χ1n) is 9.74. The highest BCUT2D eigenvalue weighted by Gasteiger charge is 2.36. The van der Waals surface area contributed by atoms with E-state index in [4.69, 9.17) is 9.47 Å². The Morgan fingerprint density at radius 3 is 2.12 bits per heavy atom. The van der Waals surface area contributed by atoms with Gasteiger partial charge in [0.05, 0.1) is 25.0 Å². The van der Waals surface area contributed by atoms with Gasteiger partial charge in [-0.1, -0.05) is 68.7 Å². The van der Waals surface area contributed by atoms with Crippen LogP contribution in [0.5, 0.6) is 0 Å². The summed E-state index contributed by atoms with van der Waals surface area (Å²) in [6, 6.07) is 9.92. The summed E-state index contributed by atoms with van der Waals surface area (Å²) in [5.41, 5.74) is 1.13. The van der Waals surface area contributed by atoms with E-state index in [0.717, 1.165) is 31.2 Å². The van der Waals surface area contributed by atoms with Gasteiger partial charge in [-0.2, -0.15) is 0 Å². The molecule has 0 aliphatic heterocycles. The van der Waals surface area contributed by atoms with Gasteiger partial charge in [-0.25, -0.2) is 0 Å². The second-order valence-electron chi connectivity index (χ2n) is 6.79. The molecule has 0 N–H and O–H groups in total. The van der Waals surface area contributed by atoms with E-state index in [0.29, 0.717) is 32.5 Å². The molecule has 0 saturated carbocycles. The Kier molecular flexibility index (Phi) is 8.94. The Hall–Kier alpha value is -2.10. The first-order valence-corrected chi connectivity index (χ1v) is 9.74. The van der Waals surface area contributed by atoms with E-state index in [1.54, 1.807) is 0 Å². The van der Waals surface area contributed by atoms with Gasteiger partial charge in [0.25, 0.3) is 0 Å². The number of unbranched alkanes of at least 4 members (excludes halogenated alkanes) is 3. The van der Waals surface area contributed by atoms with Crippen LogP contribution in [0.25, 0.3) is 0 Å². The Morgan fingerprint density at radius 1 is 0.885 bits per heavy atom. The quantitative estimate of drug-likeness (QED) is 0.352. The molecule has 0 amide bonds. The number of esters is 2. The van der Waals surface area contributed by atoms with Crippen LogP contribution in [-0.2, 0) is 25.5 Å². The topological polar surface area (TPSA) is 52.6 Å². The molecule has 0 radical (unpaired) electrons. The Balaban J connectivity index is 1.78. The number of carbonyl (C=O) groups excluding carboxylic acids is 2. The van der Waals surface area contributed by atoms with Crippen molar-refractivity contribution in [3.8, 4) is 0 Å². The van der Waals surface area contributed by atoms with Crippen molar-refractivity contribution in [2.45, 2.75) is 51.9 Å². The Bertz CT molecular complexity index is 579. The van der Waals surface area contributed by atoms with Gasteiger partial charge in [0.2, 0.25) is 0 Å². The van der Waals surface area contributed by atoms with Gasteiger partial charge < -0.3 is 9.47 Å². The summed E-state index contributed by atoms with van der Waals surface area (Å²) in [4.78, 5) is 24.8. The number of ether oxygens (including phenoxy) is 2. The zero-order valence-corrected chi connectivity index (χ0v) is 15.7. The lowest BCUT2D eigenvalue weighted by Gasteiger charge is -2.25. The summed E-state index contributed by atoms with van der Waals surface area (Å²) < 4.78 is 10.8. The molecular weight excluding hydrogens is 328 g/mol. The monoisotopic (exact) mass is 358 g/mol. The molecule has 26 heavy (non-hydrogen) atoms. The molecule has 1 aliphatic carbocycles. The van der Waals surface area contributed by atoms with Crippen molar-refractivity contribution in [2.75, 3.05) is 13.2 Å². The lowest BCUT2D eigenvalue weighted by Crippen LogP contribution is -2.34. The summed E-state index contributed by atoms with van der Waals surface area (Å²) in [6.45, 7) is 2.92. The second kappa shape index (κ2) is 11.5. The number of carbonyl (C=O) groups is 2. The zero-order valence-electron chi connectivity index (χ0n) is 15.7. The van der Waals surface area contributed by atoms with Crippen LogP contribution in [0.15, 0.2) is 42.5 Å². The smallest absolute Gasteiger partial charge is 0.310 e. The van der Waals surface area contributed by atoms with Crippen molar-refractivity contribution < 1.29 is 19.1 Å². The third kappa shape index (κ3) is 6.66. The minimum Gasteiger partial charge on any atom is -0.465 e. The van der Waals surface area contributed by atoms with Crippen molar-refractivity contribution in [3.05, 3.63) is 48.0 Å². The number of hydrogen-bond acceptors (Lipinski definition) is 4. The van der Waals surface area contributed by atoms with E-state index in [1.165, 1.54) is 0 Å². The number of allylic oxidation sites excluding steroid dienone is 2. The molecule has 1 aliphatic rings. The summed E-state index contributed by atoms with van der Waals surface area (Å²) in [6.07, 6.45) is 9.94. The predicted octanol–water partition coefficient (Wildman–Crippen LogP) is 4.48. The first kappa shape index (κ1) is 20.2. The maximum absolute atomic E-state index is 12.5. The Labute approximate surface area is 156 Å². The largest absolute Gasteiger partial charge is 0.465 e. The van der Waals surface area contributed by atoms with Crippen LogP contribution >= 0.6 is 0 Å². The van der Waals surface area contributed by atoms with Gasteiger partial charge >= 0.3 is 11.9 Å².